The second kappa shape index (κ2) is 8.21. The van der Waals surface area contributed by atoms with Crippen molar-refractivity contribution in [1.29, 1.82) is 0 Å². The molecule has 1 amide bonds. The molecule has 0 aliphatic rings. The Morgan fingerprint density at radius 2 is 1.96 bits per heavy atom. The molecule has 2 N–H and O–H groups in total. The van der Waals surface area contributed by atoms with Gasteiger partial charge in [0.05, 0.1) is 5.52 Å². The fourth-order valence-corrected chi connectivity index (χ4v) is 3.47. The van der Waals surface area contributed by atoms with Gasteiger partial charge in [-0.1, -0.05) is 23.7 Å². The predicted octanol–water partition coefficient (Wildman–Crippen LogP) is 5.74. The highest BCUT2D eigenvalue weighted by atomic mass is 35.5. The molecule has 4 aromatic rings. The number of hydrogen-bond donors (Lipinski definition) is 2. The summed E-state index contributed by atoms with van der Waals surface area (Å²) >= 11 is 7.63. The number of halogens is 1. The van der Waals surface area contributed by atoms with Crippen molar-refractivity contribution >= 4 is 63.0 Å². The number of anilines is 3. The van der Waals surface area contributed by atoms with Gasteiger partial charge in [-0.2, -0.15) is 0 Å². The van der Waals surface area contributed by atoms with Crippen LogP contribution in [0.3, 0.4) is 0 Å². The minimum absolute atomic E-state index is 0.200. The van der Waals surface area contributed by atoms with Crippen molar-refractivity contribution in [2.75, 3.05) is 10.6 Å². The molecule has 2 heterocycles. The van der Waals surface area contributed by atoms with Gasteiger partial charge >= 0.3 is 0 Å². The summed E-state index contributed by atoms with van der Waals surface area (Å²) in [5.74, 6) is 0.437. The Morgan fingerprint density at radius 1 is 1.04 bits per heavy atom. The lowest BCUT2D eigenvalue weighted by Gasteiger charge is -2.10. The van der Waals surface area contributed by atoms with E-state index in [9.17, 15) is 4.79 Å². The topological polar surface area (TPSA) is 66.9 Å². The molecule has 0 unspecified atom stereocenters. The molecular formula is C21H15ClN4OS. The molecule has 0 spiro atoms. The SMILES string of the molecule is O=C(/C=C/c1cccs1)Nc1ccc2ncnc(Nc3cccc(Cl)c3)c2c1. The number of amides is 1. The maximum absolute atomic E-state index is 12.2. The van der Waals surface area contributed by atoms with Crippen LogP contribution >= 0.6 is 22.9 Å². The number of nitrogens with zero attached hydrogens (tertiary/aromatic N) is 2. The summed E-state index contributed by atoms with van der Waals surface area (Å²) in [6, 6.07) is 16.8. The van der Waals surface area contributed by atoms with E-state index in [0.717, 1.165) is 21.5 Å². The molecule has 138 valence electrons. The number of benzene rings is 2. The van der Waals surface area contributed by atoms with Gasteiger partial charge in [-0.15, -0.1) is 11.3 Å². The number of nitrogens with one attached hydrogen (secondary N) is 2. The minimum Gasteiger partial charge on any atom is -0.340 e. The number of thiophene rings is 1. The summed E-state index contributed by atoms with van der Waals surface area (Å²) in [4.78, 5) is 21.8. The van der Waals surface area contributed by atoms with Crippen molar-refractivity contribution in [3.8, 4) is 0 Å². The average molecular weight is 407 g/mol. The summed E-state index contributed by atoms with van der Waals surface area (Å²) in [7, 11) is 0. The molecule has 0 bridgehead atoms. The molecule has 0 radical (unpaired) electrons. The fraction of sp³-hybridized carbons (Fsp3) is 0. The Morgan fingerprint density at radius 3 is 2.79 bits per heavy atom. The molecule has 2 aromatic heterocycles. The van der Waals surface area contributed by atoms with Crippen molar-refractivity contribution in [2.24, 2.45) is 0 Å². The first-order chi connectivity index (χ1) is 13.7. The number of fused-ring (bicyclic) bond motifs is 1. The summed E-state index contributed by atoms with van der Waals surface area (Å²) in [5, 5.41) is 9.52. The smallest absolute Gasteiger partial charge is 0.248 e. The molecular weight excluding hydrogens is 392 g/mol. The lowest BCUT2D eigenvalue weighted by atomic mass is 10.2. The molecule has 4 rings (SSSR count). The van der Waals surface area contributed by atoms with Crippen LogP contribution < -0.4 is 10.6 Å². The highest BCUT2D eigenvalue weighted by Gasteiger charge is 2.07. The van der Waals surface area contributed by atoms with Crippen LogP contribution in [0.1, 0.15) is 4.88 Å². The molecule has 0 saturated carbocycles. The zero-order valence-corrected chi connectivity index (χ0v) is 16.2. The Bertz CT molecular complexity index is 1160. The van der Waals surface area contributed by atoms with Crippen LogP contribution in [0.15, 0.2) is 72.4 Å². The molecule has 0 atom stereocenters. The van der Waals surface area contributed by atoms with Crippen LogP contribution in [0.25, 0.3) is 17.0 Å². The number of aromatic nitrogens is 2. The van der Waals surface area contributed by atoms with E-state index in [0.29, 0.717) is 16.5 Å². The Labute approximate surface area is 170 Å². The Balaban J connectivity index is 1.58. The van der Waals surface area contributed by atoms with Gasteiger partial charge in [0, 0.05) is 32.7 Å². The summed E-state index contributed by atoms with van der Waals surface area (Å²) in [6.45, 7) is 0. The predicted molar refractivity (Wildman–Crippen MR) is 116 cm³/mol. The maximum Gasteiger partial charge on any atom is 0.248 e. The first-order valence-electron chi connectivity index (χ1n) is 8.47. The highest BCUT2D eigenvalue weighted by molar-refractivity contribution is 7.10. The first-order valence-corrected chi connectivity index (χ1v) is 9.73. The number of carbonyl (C=O) groups excluding carboxylic acids is 1. The van der Waals surface area contributed by atoms with Crippen molar-refractivity contribution in [1.82, 2.24) is 9.97 Å². The fourth-order valence-electron chi connectivity index (χ4n) is 2.66. The lowest BCUT2D eigenvalue weighted by Crippen LogP contribution is -2.07. The Hall–Kier alpha value is -3.22. The maximum atomic E-state index is 12.2. The standard InChI is InChI=1S/C21H15ClN4OS/c22-14-3-1-4-15(11-14)26-21-18-12-16(6-8-19(18)23-13-24-21)25-20(27)9-7-17-5-2-10-28-17/h1-13H,(H,25,27)(H,23,24,26)/b9-7+. The highest BCUT2D eigenvalue weighted by Crippen LogP contribution is 2.26. The van der Waals surface area contributed by atoms with E-state index in [2.05, 4.69) is 20.6 Å². The zero-order chi connectivity index (χ0) is 19.3. The van der Waals surface area contributed by atoms with Gasteiger partial charge in [0.25, 0.3) is 0 Å². The zero-order valence-electron chi connectivity index (χ0n) is 14.6. The first kappa shape index (κ1) is 18.2. The second-order valence-electron chi connectivity index (χ2n) is 5.93. The van der Waals surface area contributed by atoms with Crippen molar-refractivity contribution in [2.45, 2.75) is 0 Å². The average Bonchev–Trinajstić information content (AvgIpc) is 3.21. The van der Waals surface area contributed by atoms with Gasteiger partial charge < -0.3 is 10.6 Å². The van der Waals surface area contributed by atoms with Crippen LogP contribution in [-0.4, -0.2) is 15.9 Å². The number of carbonyl (C=O) groups is 1. The van der Waals surface area contributed by atoms with Crippen LogP contribution in [0, 0.1) is 0 Å². The third-order valence-electron chi connectivity index (χ3n) is 3.93. The second-order valence-corrected chi connectivity index (χ2v) is 7.34. The van der Waals surface area contributed by atoms with Crippen LogP contribution in [0.4, 0.5) is 17.2 Å². The number of hydrogen-bond acceptors (Lipinski definition) is 5. The van der Waals surface area contributed by atoms with E-state index in [-0.39, 0.29) is 5.91 Å². The molecule has 0 aliphatic carbocycles. The number of rotatable bonds is 5. The van der Waals surface area contributed by atoms with Gasteiger partial charge in [0.2, 0.25) is 5.91 Å². The quantitative estimate of drug-likeness (QED) is 0.415. The van der Waals surface area contributed by atoms with E-state index in [1.807, 2.05) is 60.0 Å². The van der Waals surface area contributed by atoms with Gasteiger partial charge in [0.1, 0.15) is 12.1 Å². The molecule has 2 aromatic carbocycles. The third kappa shape index (κ3) is 4.36. The normalized spacial score (nSPS) is 11.0. The van der Waals surface area contributed by atoms with E-state index < -0.39 is 0 Å². The third-order valence-corrected chi connectivity index (χ3v) is 5.01. The van der Waals surface area contributed by atoms with Crippen molar-refractivity contribution < 1.29 is 4.79 Å². The monoisotopic (exact) mass is 406 g/mol. The van der Waals surface area contributed by atoms with Gasteiger partial charge in [0.15, 0.2) is 0 Å². The molecule has 7 heteroatoms. The van der Waals surface area contributed by atoms with Gasteiger partial charge in [-0.05, 0) is 53.9 Å². The molecule has 0 aliphatic heterocycles. The molecule has 28 heavy (non-hydrogen) atoms. The van der Waals surface area contributed by atoms with Gasteiger partial charge in [-0.25, -0.2) is 9.97 Å². The van der Waals surface area contributed by atoms with Crippen LogP contribution in [-0.2, 0) is 4.79 Å². The lowest BCUT2D eigenvalue weighted by molar-refractivity contribution is -0.111. The van der Waals surface area contributed by atoms with E-state index in [1.165, 1.54) is 12.4 Å². The molecule has 5 nitrogen and oxygen atoms in total. The van der Waals surface area contributed by atoms with Crippen molar-refractivity contribution in [3.63, 3.8) is 0 Å². The van der Waals surface area contributed by atoms with Gasteiger partial charge in [-0.3, -0.25) is 4.79 Å². The van der Waals surface area contributed by atoms with Crippen LogP contribution in [0.2, 0.25) is 5.02 Å². The van der Waals surface area contributed by atoms with Crippen LogP contribution in [0.5, 0.6) is 0 Å². The Kier molecular flexibility index (Phi) is 5.32. The van der Waals surface area contributed by atoms with E-state index in [4.69, 9.17) is 11.6 Å². The largest absolute Gasteiger partial charge is 0.340 e. The van der Waals surface area contributed by atoms with E-state index >= 15 is 0 Å². The van der Waals surface area contributed by atoms with E-state index in [1.54, 1.807) is 17.4 Å². The minimum atomic E-state index is -0.200. The summed E-state index contributed by atoms with van der Waals surface area (Å²) in [5.41, 5.74) is 2.25. The summed E-state index contributed by atoms with van der Waals surface area (Å²) in [6.07, 6.45) is 4.80. The summed E-state index contributed by atoms with van der Waals surface area (Å²) < 4.78 is 0. The molecule has 0 fully saturated rings. The molecule has 0 saturated heterocycles. The van der Waals surface area contributed by atoms with Crippen molar-refractivity contribution in [3.05, 3.63) is 82.3 Å².